The number of hydrogen-bond donors (Lipinski definition) is 2. The summed E-state index contributed by atoms with van der Waals surface area (Å²) in [5, 5.41) is 11.8. The van der Waals surface area contributed by atoms with Gasteiger partial charge in [-0.3, -0.25) is 9.69 Å². The zero-order valence-electron chi connectivity index (χ0n) is 11.7. The second-order valence-corrected chi connectivity index (χ2v) is 5.41. The van der Waals surface area contributed by atoms with Gasteiger partial charge in [0.1, 0.15) is 5.82 Å². The van der Waals surface area contributed by atoms with Crippen LogP contribution in [-0.4, -0.2) is 42.2 Å². The van der Waals surface area contributed by atoms with Crippen molar-refractivity contribution >= 4 is 11.6 Å². The van der Waals surface area contributed by atoms with Crippen LogP contribution in [0.1, 0.15) is 18.4 Å². The van der Waals surface area contributed by atoms with Gasteiger partial charge in [-0.25, -0.2) is 4.39 Å². The zero-order valence-corrected chi connectivity index (χ0v) is 11.7. The molecule has 0 unspecified atom stereocenters. The Balaban J connectivity index is 1.85. The topological polar surface area (TPSA) is 52.6 Å². The van der Waals surface area contributed by atoms with Crippen molar-refractivity contribution in [1.29, 1.82) is 0 Å². The van der Waals surface area contributed by atoms with Crippen LogP contribution < -0.4 is 5.32 Å². The fraction of sp³-hybridized carbons (Fsp3) is 0.533. The molecule has 0 aromatic heterocycles. The van der Waals surface area contributed by atoms with E-state index < -0.39 is 0 Å². The van der Waals surface area contributed by atoms with E-state index in [9.17, 15) is 9.18 Å². The van der Waals surface area contributed by atoms with Crippen LogP contribution >= 0.6 is 0 Å². The molecule has 1 amide bonds. The van der Waals surface area contributed by atoms with Crippen molar-refractivity contribution in [2.45, 2.75) is 19.8 Å². The Hall–Kier alpha value is -1.46. The summed E-state index contributed by atoms with van der Waals surface area (Å²) < 4.78 is 13.2. The normalized spacial score (nSPS) is 17.1. The highest BCUT2D eigenvalue weighted by Gasteiger charge is 2.20. The number of aliphatic hydroxyl groups is 1. The number of benzene rings is 1. The molecule has 0 aliphatic carbocycles. The molecule has 1 heterocycles. The van der Waals surface area contributed by atoms with Gasteiger partial charge in [0.25, 0.3) is 0 Å². The number of halogens is 1. The molecule has 0 radical (unpaired) electrons. The molecule has 1 fully saturated rings. The first-order valence-corrected chi connectivity index (χ1v) is 6.97. The lowest BCUT2D eigenvalue weighted by Crippen LogP contribution is -2.39. The Labute approximate surface area is 118 Å². The van der Waals surface area contributed by atoms with Crippen LogP contribution in [0.3, 0.4) is 0 Å². The van der Waals surface area contributed by atoms with Crippen LogP contribution in [0.4, 0.5) is 10.1 Å². The third-order valence-electron chi connectivity index (χ3n) is 3.81. The molecule has 1 aromatic carbocycles. The highest BCUT2D eigenvalue weighted by molar-refractivity contribution is 5.92. The largest absolute Gasteiger partial charge is 0.396 e. The molecule has 2 N–H and O–H groups in total. The maximum atomic E-state index is 13.2. The lowest BCUT2D eigenvalue weighted by molar-refractivity contribution is -0.117. The van der Waals surface area contributed by atoms with Crippen LogP contribution in [0.15, 0.2) is 18.2 Å². The van der Waals surface area contributed by atoms with Gasteiger partial charge >= 0.3 is 0 Å². The van der Waals surface area contributed by atoms with E-state index in [1.807, 2.05) is 6.92 Å². The molecule has 1 aromatic rings. The van der Waals surface area contributed by atoms with E-state index in [2.05, 4.69) is 10.2 Å². The first-order chi connectivity index (χ1) is 9.58. The number of anilines is 1. The molecule has 5 heteroatoms. The number of nitrogens with zero attached hydrogens (tertiary/aromatic N) is 1. The van der Waals surface area contributed by atoms with Gasteiger partial charge in [0, 0.05) is 12.3 Å². The van der Waals surface area contributed by atoms with Gasteiger partial charge in [-0.15, -0.1) is 0 Å². The molecular weight excluding hydrogens is 259 g/mol. The fourth-order valence-electron chi connectivity index (χ4n) is 2.45. The average molecular weight is 280 g/mol. The molecule has 0 atom stereocenters. The Morgan fingerprint density at radius 2 is 2.15 bits per heavy atom. The summed E-state index contributed by atoms with van der Waals surface area (Å²) in [7, 11) is 0. The van der Waals surface area contributed by atoms with Crippen molar-refractivity contribution in [2.24, 2.45) is 5.92 Å². The molecule has 0 bridgehead atoms. The molecule has 1 saturated heterocycles. The second kappa shape index (κ2) is 6.81. The summed E-state index contributed by atoms with van der Waals surface area (Å²) in [6, 6.07) is 4.37. The number of nitrogens with one attached hydrogen (secondary N) is 1. The maximum absolute atomic E-state index is 13.2. The van der Waals surface area contributed by atoms with E-state index in [1.165, 1.54) is 12.1 Å². The molecule has 20 heavy (non-hydrogen) atoms. The molecule has 4 nitrogen and oxygen atoms in total. The highest BCUT2D eigenvalue weighted by atomic mass is 19.1. The number of carbonyl (C=O) groups excluding carboxylic acids is 1. The highest BCUT2D eigenvalue weighted by Crippen LogP contribution is 2.18. The van der Waals surface area contributed by atoms with Gasteiger partial charge in [0.15, 0.2) is 0 Å². The Morgan fingerprint density at radius 1 is 1.45 bits per heavy atom. The van der Waals surface area contributed by atoms with Crippen molar-refractivity contribution in [3.05, 3.63) is 29.6 Å². The smallest absolute Gasteiger partial charge is 0.238 e. The van der Waals surface area contributed by atoms with E-state index in [1.54, 1.807) is 6.07 Å². The number of amides is 1. The number of carbonyl (C=O) groups is 1. The number of hydrogen-bond acceptors (Lipinski definition) is 3. The Bertz CT molecular complexity index is 471. The standard InChI is InChI=1S/C15H21FN2O2/c1-11-2-3-13(16)8-14(11)17-15(20)9-18-6-4-12(10-19)5-7-18/h2-3,8,12,19H,4-7,9-10H2,1H3,(H,17,20). The first kappa shape index (κ1) is 14.9. The van der Waals surface area contributed by atoms with E-state index >= 15 is 0 Å². The van der Waals surface area contributed by atoms with Crippen LogP contribution in [0.25, 0.3) is 0 Å². The van der Waals surface area contributed by atoms with Crippen molar-refractivity contribution in [3.63, 3.8) is 0 Å². The number of piperidine rings is 1. The van der Waals surface area contributed by atoms with Gasteiger partial charge < -0.3 is 10.4 Å². The number of aliphatic hydroxyl groups excluding tert-OH is 1. The molecule has 1 aliphatic heterocycles. The molecule has 2 rings (SSSR count). The van der Waals surface area contributed by atoms with Gasteiger partial charge in [-0.05, 0) is 56.5 Å². The van der Waals surface area contributed by atoms with Crippen LogP contribution in [-0.2, 0) is 4.79 Å². The van der Waals surface area contributed by atoms with Gasteiger partial charge in [-0.2, -0.15) is 0 Å². The zero-order chi connectivity index (χ0) is 14.5. The summed E-state index contributed by atoms with van der Waals surface area (Å²) in [6.07, 6.45) is 1.84. The number of likely N-dealkylation sites (tertiary alicyclic amines) is 1. The summed E-state index contributed by atoms with van der Waals surface area (Å²) in [5.74, 6) is -0.115. The van der Waals surface area contributed by atoms with Gasteiger partial charge in [-0.1, -0.05) is 6.07 Å². The first-order valence-electron chi connectivity index (χ1n) is 6.97. The van der Waals surface area contributed by atoms with Crippen LogP contribution in [0.5, 0.6) is 0 Å². The average Bonchev–Trinajstić information content (AvgIpc) is 2.43. The second-order valence-electron chi connectivity index (χ2n) is 5.41. The molecule has 110 valence electrons. The summed E-state index contributed by atoms with van der Waals surface area (Å²) >= 11 is 0. The minimum atomic E-state index is -0.352. The Kier molecular flexibility index (Phi) is 5.09. The lowest BCUT2D eigenvalue weighted by atomic mass is 9.98. The monoisotopic (exact) mass is 280 g/mol. The van der Waals surface area contributed by atoms with E-state index in [4.69, 9.17) is 5.11 Å². The van der Waals surface area contributed by atoms with E-state index in [-0.39, 0.29) is 18.3 Å². The number of rotatable bonds is 4. The lowest BCUT2D eigenvalue weighted by Gasteiger charge is -2.30. The van der Waals surface area contributed by atoms with Crippen molar-refractivity contribution < 1.29 is 14.3 Å². The van der Waals surface area contributed by atoms with Crippen molar-refractivity contribution in [1.82, 2.24) is 4.90 Å². The third-order valence-corrected chi connectivity index (χ3v) is 3.81. The predicted octanol–water partition coefficient (Wildman–Crippen LogP) is 1.78. The molecule has 0 saturated carbocycles. The minimum Gasteiger partial charge on any atom is -0.396 e. The van der Waals surface area contributed by atoms with Crippen LogP contribution in [0, 0.1) is 18.7 Å². The maximum Gasteiger partial charge on any atom is 0.238 e. The van der Waals surface area contributed by atoms with Crippen LogP contribution in [0.2, 0.25) is 0 Å². The predicted molar refractivity (Wildman–Crippen MR) is 76.0 cm³/mol. The quantitative estimate of drug-likeness (QED) is 0.884. The van der Waals surface area contributed by atoms with E-state index in [0.717, 1.165) is 31.5 Å². The van der Waals surface area contributed by atoms with Gasteiger partial charge in [0.05, 0.1) is 6.54 Å². The SMILES string of the molecule is Cc1ccc(F)cc1NC(=O)CN1CCC(CO)CC1. The fourth-order valence-corrected chi connectivity index (χ4v) is 2.45. The van der Waals surface area contributed by atoms with Crippen molar-refractivity contribution in [3.8, 4) is 0 Å². The molecular formula is C15H21FN2O2. The summed E-state index contributed by atoms with van der Waals surface area (Å²) in [6.45, 7) is 4.01. The summed E-state index contributed by atoms with van der Waals surface area (Å²) in [4.78, 5) is 14.0. The third kappa shape index (κ3) is 4.02. The van der Waals surface area contributed by atoms with E-state index in [0.29, 0.717) is 18.2 Å². The van der Waals surface area contributed by atoms with Gasteiger partial charge in [0.2, 0.25) is 5.91 Å². The summed E-state index contributed by atoms with van der Waals surface area (Å²) in [5.41, 5.74) is 1.37. The number of aryl methyl sites for hydroxylation is 1. The molecule has 0 spiro atoms. The van der Waals surface area contributed by atoms with Crippen molar-refractivity contribution in [2.75, 3.05) is 31.6 Å². The minimum absolute atomic E-state index is 0.124. The molecule has 1 aliphatic rings. The Morgan fingerprint density at radius 3 is 2.80 bits per heavy atom.